The van der Waals surface area contributed by atoms with Gasteiger partial charge in [-0.25, -0.2) is 9.37 Å². The fourth-order valence-corrected chi connectivity index (χ4v) is 3.95. The molecule has 0 saturated carbocycles. The first kappa shape index (κ1) is 20.8. The lowest BCUT2D eigenvalue weighted by Crippen LogP contribution is -2.49. The van der Waals surface area contributed by atoms with E-state index in [0.717, 1.165) is 0 Å². The molecule has 30 heavy (non-hydrogen) atoms. The summed E-state index contributed by atoms with van der Waals surface area (Å²) < 4.78 is 15.3. The number of fused-ring (bicyclic) bond motifs is 1. The summed E-state index contributed by atoms with van der Waals surface area (Å²) in [5, 5.41) is 1.22. The van der Waals surface area contributed by atoms with Gasteiger partial charge < -0.3 is 4.90 Å². The van der Waals surface area contributed by atoms with Gasteiger partial charge in [-0.15, -0.1) is 0 Å². The summed E-state index contributed by atoms with van der Waals surface area (Å²) in [7, 11) is 0. The minimum absolute atomic E-state index is 0.0899. The molecule has 0 N–H and O–H groups in total. The van der Waals surface area contributed by atoms with E-state index < -0.39 is 0 Å². The van der Waals surface area contributed by atoms with Gasteiger partial charge >= 0.3 is 0 Å². The van der Waals surface area contributed by atoms with Crippen molar-refractivity contribution in [2.24, 2.45) is 0 Å². The van der Waals surface area contributed by atoms with Gasteiger partial charge in [-0.1, -0.05) is 29.3 Å². The maximum Gasteiger partial charge on any atom is 0.261 e. The zero-order chi connectivity index (χ0) is 21.3. The molecular formula is C21H19Cl2FN4O2. The maximum atomic E-state index is 14.0. The minimum Gasteiger partial charge on any atom is -0.339 e. The molecular weight excluding hydrogens is 430 g/mol. The summed E-state index contributed by atoms with van der Waals surface area (Å²) in [6.07, 6.45) is 1.38. The number of carbonyl (C=O) groups excluding carboxylic acids is 1. The van der Waals surface area contributed by atoms with Crippen LogP contribution in [0.1, 0.15) is 5.56 Å². The highest BCUT2D eigenvalue weighted by Gasteiger charge is 2.23. The zero-order valence-electron chi connectivity index (χ0n) is 16.0. The lowest BCUT2D eigenvalue weighted by Gasteiger charge is -2.35. The Morgan fingerprint density at radius 1 is 1.10 bits per heavy atom. The van der Waals surface area contributed by atoms with Gasteiger partial charge in [0.1, 0.15) is 12.4 Å². The number of piperazine rings is 1. The fraction of sp³-hybridized carbons (Fsp3) is 0.286. The van der Waals surface area contributed by atoms with Crippen molar-refractivity contribution >= 4 is 40.0 Å². The van der Waals surface area contributed by atoms with Gasteiger partial charge in [0.25, 0.3) is 5.56 Å². The Morgan fingerprint density at radius 2 is 1.87 bits per heavy atom. The van der Waals surface area contributed by atoms with E-state index in [4.69, 9.17) is 23.2 Å². The van der Waals surface area contributed by atoms with E-state index >= 15 is 0 Å². The molecule has 1 aromatic heterocycles. The molecule has 6 nitrogen and oxygen atoms in total. The van der Waals surface area contributed by atoms with Crippen LogP contribution in [0.25, 0.3) is 10.9 Å². The van der Waals surface area contributed by atoms with E-state index in [9.17, 15) is 14.0 Å². The van der Waals surface area contributed by atoms with Gasteiger partial charge in [0.2, 0.25) is 5.91 Å². The lowest BCUT2D eigenvalue weighted by atomic mass is 10.2. The Kier molecular flexibility index (Phi) is 6.04. The SMILES string of the molecule is O=C(Cn1cnc2ccc(Cl)cc2c1=O)N1CCN(Cc2c(F)cccc2Cl)CC1. The minimum atomic E-state index is -0.329. The summed E-state index contributed by atoms with van der Waals surface area (Å²) >= 11 is 12.1. The predicted molar refractivity (Wildman–Crippen MR) is 114 cm³/mol. The van der Waals surface area contributed by atoms with Gasteiger partial charge in [-0.3, -0.25) is 19.1 Å². The number of hydrogen-bond donors (Lipinski definition) is 0. The van der Waals surface area contributed by atoms with Crippen LogP contribution in [0.4, 0.5) is 4.39 Å². The van der Waals surface area contributed by atoms with E-state index in [0.29, 0.717) is 59.2 Å². The van der Waals surface area contributed by atoms with E-state index in [1.54, 1.807) is 35.2 Å². The molecule has 0 spiro atoms. The van der Waals surface area contributed by atoms with Crippen molar-refractivity contribution < 1.29 is 9.18 Å². The number of halogens is 3. The molecule has 1 saturated heterocycles. The molecule has 3 aromatic rings. The smallest absolute Gasteiger partial charge is 0.261 e. The van der Waals surface area contributed by atoms with Gasteiger partial charge in [0.05, 0.1) is 17.2 Å². The molecule has 2 aromatic carbocycles. The summed E-state index contributed by atoms with van der Waals surface area (Å²) in [5.74, 6) is -0.492. The quantitative estimate of drug-likeness (QED) is 0.614. The molecule has 0 aliphatic carbocycles. The molecule has 1 aliphatic heterocycles. The van der Waals surface area contributed by atoms with Crippen molar-refractivity contribution in [2.75, 3.05) is 26.2 Å². The third kappa shape index (κ3) is 4.33. The fourth-order valence-electron chi connectivity index (χ4n) is 3.55. The lowest BCUT2D eigenvalue weighted by molar-refractivity contribution is -0.133. The molecule has 4 rings (SSSR count). The standard InChI is InChI=1S/C21H19Cl2FN4O2/c22-14-4-5-19-15(10-14)21(30)28(13-25-19)12-20(29)27-8-6-26(7-9-27)11-16-17(23)2-1-3-18(16)24/h1-5,10,13H,6-9,11-12H2. The zero-order valence-corrected chi connectivity index (χ0v) is 17.5. The van der Waals surface area contributed by atoms with E-state index in [1.807, 2.05) is 0 Å². The molecule has 0 radical (unpaired) electrons. The molecule has 9 heteroatoms. The van der Waals surface area contributed by atoms with Gasteiger partial charge in [0, 0.05) is 48.3 Å². The molecule has 1 fully saturated rings. The van der Waals surface area contributed by atoms with Crippen LogP contribution in [0.5, 0.6) is 0 Å². The molecule has 1 amide bonds. The number of benzene rings is 2. The number of amides is 1. The van der Waals surface area contributed by atoms with Crippen molar-refractivity contribution in [2.45, 2.75) is 13.1 Å². The first-order valence-electron chi connectivity index (χ1n) is 9.50. The molecule has 156 valence electrons. The second kappa shape index (κ2) is 8.71. The third-order valence-corrected chi connectivity index (χ3v) is 5.85. The van der Waals surface area contributed by atoms with Crippen molar-refractivity contribution in [1.82, 2.24) is 19.4 Å². The second-order valence-corrected chi connectivity index (χ2v) is 8.04. The van der Waals surface area contributed by atoms with Crippen LogP contribution in [0.15, 0.2) is 47.5 Å². The largest absolute Gasteiger partial charge is 0.339 e. The van der Waals surface area contributed by atoms with Crippen molar-refractivity contribution in [3.8, 4) is 0 Å². The van der Waals surface area contributed by atoms with E-state index in [1.165, 1.54) is 17.0 Å². The highest BCUT2D eigenvalue weighted by atomic mass is 35.5. The van der Waals surface area contributed by atoms with Crippen LogP contribution in [0.3, 0.4) is 0 Å². The summed E-state index contributed by atoms with van der Waals surface area (Å²) in [6, 6.07) is 9.53. The van der Waals surface area contributed by atoms with E-state index in [-0.39, 0.29) is 23.8 Å². The Balaban J connectivity index is 1.40. The van der Waals surface area contributed by atoms with Crippen molar-refractivity contribution in [1.29, 1.82) is 0 Å². The highest BCUT2D eigenvalue weighted by molar-refractivity contribution is 6.31. The van der Waals surface area contributed by atoms with Crippen molar-refractivity contribution in [3.05, 3.63) is 74.5 Å². The predicted octanol–water partition coefficient (Wildman–Crippen LogP) is 3.19. The normalized spacial score (nSPS) is 15.0. The van der Waals surface area contributed by atoms with Crippen LogP contribution in [0, 0.1) is 5.82 Å². The Morgan fingerprint density at radius 3 is 2.60 bits per heavy atom. The molecule has 0 atom stereocenters. The third-order valence-electron chi connectivity index (χ3n) is 5.26. The van der Waals surface area contributed by atoms with Crippen LogP contribution < -0.4 is 5.56 Å². The van der Waals surface area contributed by atoms with Crippen LogP contribution in [-0.2, 0) is 17.9 Å². The second-order valence-electron chi connectivity index (χ2n) is 7.20. The van der Waals surface area contributed by atoms with Gasteiger partial charge in [-0.2, -0.15) is 0 Å². The van der Waals surface area contributed by atoms with Gasteiger partial charge in [0.15, 0.2) is 0 Å². The Bertz CT molecular complexity index is 1140. The maximum absolute atomic E-state index is 14.0. The number of nitrogens with zero attached hydrogens (tertiary/aromatic N) is 4. The molecule has 0 unspecified atom stereocenters. The highest BCUT2D eigenvalue weighted by Crippen LogP contribution is 2.21. The average molecular weight is 449 g/mol. The van der Waals surface area contributed by atoms with Crippen LogP contribution in [-0.4, -0.2) is 51.4 Å². The van der Waals surface area contributed by atoms with Crippen LogP contribution in [0.2, 0.25) is 10.0 Å². The van der Waals surface area contributed by atoms with Gasteiger partial charge in [-0.05, 0) is 30.3 Å². The van der Waals surface area contributed by atoms with Crippen molar-refractivity contribution in [3.63, 3.8) is 0 Å². The number of hydrogen-bond acceptors (Lipinski definition) is 4. The number of carbonyl (C=O) groups is 1. The molecule has 0 bridgehead atoms. The number of rotatable bonds is 4. The average Bonchev–Trinajstić information content (AvgIpc) is 2.73. The monoisotopic (exact) mass is 448 g/mol. The first-order valence-corrected chi connectivity index (χ1v) is 10.3. The Hall–Kier alpha value is -2.48. The topological polar surface area (TPSA) is 58.4 Å². The summed E-state index contributed by atoms with van der Waals surface area (Å²) in [4.78, 5) is 33.4. The summed E-state index contributed by atoms with van der Waals surface area (Å²) in [6.45, 7) is 2.47. The van der Waals surface area contributed by atoms with E-state index in [2.05, 4.69) is 9.88 Å². The summed E-state index contributed by atoms with van der Waals surface area (Å²) in [5.41, 5.74) is 0.698. The molecule has 1 aliphatic rings. The Labute approximate surface area is 182 Å². The first-order chi connectivity index (χ1) is 14.4. The van der Waals surface area contributed by atoms with Crippen LogP contribution >= 0.6 is 23.2 Å². The number of aromatic nitrogens is 2. The molecule has 2 heterocycles.